The zero-order chi connectivity index (χ0) is 39.4. The lowest BCUT2D eigenvalue weighted by atomic mass is 9.70. The first kappa shape index (κ1) is 38.7. The van der Waals surface area contributed by atoms with Crippen LogP contribution in [0.5, 0.6) is 0 Å². The highest BCUT2D eigenvalue weighted by atomic mass is 16.6. The van der Waals surface area contributed by atoms with Gasteiger partial charge in [-0.2, -0.15) is 0 Å². The number of rotatable bonds is 16. The van der Waals surface area contributed by atoms with Gasteiger partial charge >= 0.3 is 5.97 Å². The van der Waals surface area contributed by atoms with Crippen LogP contribution in [0.2, 0.25) is 0 Å². The second kappa shape index (κ2) is 16.6. The molecule has 0 aliphatic carbocycles. The second-order valence-electron chi connectivity index (χ2n) is 15.0. The van der Waals surface area contributed by atoms with Crippen molar-refractivity contribution in [2.45, 2.75) is 75.0 Å². The van der Waals surface area contributed by atoms with Crippen molar-refractivity contribution >= 4 is 40.2 Å². The monoisotopic (exact) mass is 755 g/mol. The van der Waals surface area contributed by atoms with Gasteiger partial charge in [0.1, 0.15) is 17.7 Å². The summed E-state index contributed by atoms with van der Waals surface area (Å²) in [6, 6.07) is 29.8. The summed E-state index contributed by atoms with van der Waals surface area (Å²) in [5.41, 5.74) is 0.842. The predicted octanol–water partition coefficient (Wildman–Crippen LogP) is 6.09. The van der Waals surface area contributed by atoms with Gasteiger partial charge in [0.05, 0.1) is 36.6 Å². The first-order chi connectivity index (χ1) is 27.2. The van der Waals surface area contributed by atoms with Crippen molar-refractivity contribution in [1.82, 2.24) is 10.2 Å². The number of hydrogen-bond acceptors (Lipinski definition) is 7. The third kappa shape index (κ3) is 7.27. The van der Waals surface area contributed by atoms with E-state index in [0.29, 0.717) is 30.5 Å². The number of nitrogens with one attached hydrogen (secondary N) is 1. The lowest BCUT2D eigenvalue weighted by molar-refractivity contribution is -0.162. The molecule has 1 spiro atoms. The lowest BCUT2D eigenvalue weighted by Crippen LogP contribution is -2.59. The molecule has 2 bridgehead atoms. The van der Waals surface area contributed by atoms with E-state index in [0.717, 1.165) is 16.3 Å². The van der Waals surface area contributed by atoms with Crippen molar-refractivity contribution in [2.75, 3.05) is 18.1 Å². The number of allylic oxidation sites excluding steroid dienone is 1. The Morgan fingerprint density at radius 3 is 2.38 bits per heavy atom. The molecular formula is C46H49N3O7. The van der Waals surface area contributed by atoms with Crippen LogP contribution in [0.15, 0.2) is 128 Å². The van der Waals surface area contributed by atoms with Crippen LogP contribution in [-0.2, 0) is 35.1 Å². The number of anilines is 1. The SMILES string of the molecule is C=CCCC(=O)N[C@H](C)[C@@H](OC(=O)[C@@H]1[C@H]2C(=O)N([C@@H](CO)Cc3ccccc3)[C@H](C(=O)N(CC=C)c3ccc4ccccc4c3)[C@]23CC[C@H]1O3)c1ccccc1. The van der Waals surface area contributed by atoms with Crippen LogP contribution in [0.3, 0.4) is 0 Å². The van der Waals surface area contributed by atoms with Crippen LogP contribution in [0.1, 0.15) is 49.8 Å². The quantitative estimate of drug-likeness (QED) is 0.105. The molecule has 56 heavy (non-hydrogen) atoms. The Balaban J connectivity index is 1.26. The van der Waals surface area contributed by atoms with Crippen molar-refractivity contribution in [3.8, 4) is 0 Å². The molecule has 2 N–H and O–H groups in total. The minimum absolute atomic E-state index is 0.156. The van der Waals surface area contributed by atoms with Crippen molar-refractivity contribution in [1.29, 1.82) is 0 Å². The van der Waals surface area contributed by atoms with E-state index in [1.807, 2.05) is 103 Å². The van der Waals surface area contributed by atoms with Crippen LogP contribution in [0.4, 0.5) is 5.69 Å². The molecule has 4 aromatic rings. The first-order valence-electron chi connectivity index (χ1n) is 19.4. The number of carbonyl (C=O) groups is 4. The second-order valence-corrected chi connectivity index (χ2v) is 15.0. The van der Waals surface area contributed by atoms with Crippen LogP contribution in [-0.4, -0.2) is 76.7 Å². The summed E-state index contributed by atoms with van der Waals surface area (Å²) in [6.07, 6.45) is 3.61. The van der Waals surface area contributed by atoms with Gasteiger partial charge in [-0.05, 0) is 66.6 Å². The topological polar surface area (TPSA) is 125 Å². The average Bonchev–Trinajstić information content (AvgIpc) is 3.87. The first-order valence-corrected chi connectivity index (χ1v) is 19.4. The predicted molar refractivity (Wildman–Crippen MR) is 214 cm³/mol. The third-order valence-corrected chi connectivity index (χ3v) is 11.6. The zero-order valence-corrected chi connectivity index (χ0v) is 31.7. The Labute approximate surface area is 327 Å². The molecule has 3 amide bonds. The number of nitrogens with zero attached hydrogens (tertiary/aromatic N) is 2. The molecule has 8 atom stereocenters. The number of likely N-dealkylation sites (tertiary alicyclic amines) is 1. The summed E-state index contributed by atoms with van der Waals surface area (Å²) in [7, 11) is 0. The van der Waals surface area contributed by atoms with E-state index < -0.39 is 66.3 Å². The molecule has 3 saturated heterocycles. The Bertz CT molecular complexity index is 2090. The summed E-state index contributed by atoms with van der Waals surface area (Å²) in [5, 5.41) is 15.9. The highest BCUT2D eigenvalue weighted by molar-refractivity contribution is 6.05. The van der Waals surface area contributed by atoms with Crippen LogP contribution in [0, 0.1) is 11.8 Å². The molecule has 3 aliphatic rings. The van der Waals surface area contributed by atoms with Gasteiger partial charge in [0.25, 0.3) is 5.91 Å². The van der Waals surface area contributed by atoms with E-state index in [2.05, 4.69) is 18.5 Å². The molecule has 7 rings (SSSR count). The van der Waals surface area contributed by atoms with Gasteiger partial charge < -0.3 is 29.7 Å². The van der Waals surface area contributed by atoms with Crippen molar-refractivity contribution in [3.05, 3.63) is 140 Å². The standard InChI is InChI=1S/C46H49N3O7/c1-4-6-21-38(51)47-30(3)41(33-18-11-8-12-19-33)55-45(54)39-37-24-25-46(56-37)40(39)43(52)49(36(29-50)27-31-15-9-7-10-16-31)42(46)44(53)48(26-5-2)35-23-22-32-17-13-14-20-34(32)28-35/h4-5,7-20,22-23,28,30,36-37,39-42,50H,1-2,6,21,24-27,29H2,3H3,(H,47,51)/t30-,36-,37-,39+,40+,41-,42-,46+/m1/s1. The van der Waals surface area contributed by atoms with Gasteiger partial charge in [-0.25, -0.2) is 0 Å². The Morgan fingerprint density at radius 1 is 0.982 bits per heavy atom. The fourth-order valence-corrected chi connectivity index (χ4v) is 9.05. The molecule has 0 radical (unpaired) electrons. The zero-order valence-electron chi connectivity index (χ0n) is 31.7. The highest BCUT2D eigenvalue weighted by Gasteiger charge is 2.75. The number of benzene rings is 4. The van der Waals surface area contributed by atoms with Crippen LogP contribution < -0.4 is 10.2 Å². The minimum Gasteiger partial charge on any atom is -0.455 e. The third-order valence-electron chi connectivity index (χ3n) is 11.6. The maximum Gasteiger partial charge on any atom is 0.313 e. The maximum atomic E-state index is 15.3. The molecule has 0 unspecified atom stereocenters. The average molecular weight is 756 g/mol. The van der Waals surface area contributed by atoms with Gasteiger partial charge in [-0.15, -0.1) is 13.2 Å². The maximum absolute atomic E-state index is 15.3. The molecule has 290 valence electrons. The summed E-state index contributed by atoms with van der Waals surface area (Å²) < 4.78 is 13.1. The molecule has 3 fully saturated rings. The Hall–Kier alpha value is -5.58. The van der Waals surface area contributed by atoms with Gasteiger partial charge in [0, 0.05) is 18.7 Å². The van der Waals surface area contributed by atoms with E-state index >= 15 is 9.59 Å². The fourth-order valence-electron chi connectivity index (χ4n) is 9.05. The molecule has 10 nitrogen and oxygen atoms in total. The smallest absolute Gasteiger partial charge is 0.313 e. The normalized spacial score (nSPS) is 23.9. The van der Waals surface area contributed by atoms with Crippen molar-refractivity contribution < 1.29 is 33.8 Å². The number of amides is 3. The molecule has 0 saturated carbocycles. The van der Waals surface area contributed by atoms with Crippen LogP contribution in [0.25, 0.3) is 10.8 Å². The van der Waals surface area contributed by atoms with E-state index in [1.54, 1.807) is 24.0 Å². The highest BCUT2D eigenvalue weighted by Crippen LogP contribution is 2.59. The summed E-state index contributed by atoms with van der Waals surface area (Å²) in [5.74, 6) is -3.70. The molecular weight excluding hydrogens is 707 g/mol. The van der Waals surface area contributed by atoms with Gasteiger partial charge in [0.15, 0.2) is 0 Å². The number of carbonyl (C=O) groups excluding carboxylic acids is 4. The van der Waals surface area contributed by atoms with Crippen molar-refractivity contribution in [3.63, 3.8) is 0 Å². The molecule has 3 aliphatic heterocycles. The van der Waals surface area contributed by atoms with Gasteiger partial charge in [-0.3, -0.25) is 19.2 Å². The number of aliphatic hydroxyl groups is 1. The molecule has 0 aromatic heterocycles. The van der Waals surface area contributed by atoms with E-state index in [9.17, 15) is 14.7 Å². The number of fused-ring (bicyclic) bond motifs is 2. The summed E-state index contributed by atoms with van der Waals surface area (Å²) >= 11 is 0. The van der Waals surface area contributed by atoms with E-state index in [-0.39, 0.29) is 31.2 Å². The van der Waals surface area contributed by atoms with Crippen LogP contribution >= 0.6 is 0 Å². The molecule has 3 heterocycles. The lowest BCUT2D eigenvalue weighted by Gasteiger charge is -2.39. The molecule has 4 aromatic carbocycles. The van der Waals surface area contributed by atoms with Gasteiger partial charge in [0.2, 0.25) is 11.8 Å². The number of ether oxygens (including phenoxy) is 2. The van der Waals surface area contributed by atoms with E-state index in [4.69, 9.17) is 9.47 Å². The minimum atomic E-state index is -1.35. The number of aliphatic hydroxyl groups excluding tert-OH is 1. The molecule has 10 heteroatoms. The largest absolute Gasteiger partial charge is 0.455 e. The van der Waals surface area contributed by atoms with Gasteiger partial charge in [-0.1, -0.05) is 103 Å². The van der Waals surface area contributed by atoms with E-state index in [1.165, 1.54) is 4.90 Å². The number of esters is 1. The number of hydrogen-bond donors (Lipinski definition) is 2. The Morgan fingerprint density at radius 2 is 1.68 bits per heavy atom. The van der Waals surface area contributed by atoms with Crippen molar-refractivity contribution in [2.24, 2.45) is 11.8 Å². The summed E-state index contributed by atoms with van der Waals surface area (Å²) in [6.45, 7) is 9.17. The fraction of sp³-hybridized carbons (Fsp3) is 0.348. The Kier molecular flexibility index (Phi) is 11.5. The summed E-state index contributed by atoms with van der Waals surface area (Å²) in [4.78, 5) is 60.9.